The molecule has 2 aliphatic rings. The van der Waals surface area contributed by atoms with Crippen LogP contribution in [0.25, 0.3) is 0 Å². The molecule has 3 N–H and O–H groups in total. The first-order valence-electron chi connectivity index (χ1n) is 12.0. The maximum atomic E-state index is 13.1. The number of hydrogen-bond donors (Lipinski definition) is 3. The zero-order valence-electron chi connectivity index (χ0n) is 20.8. The molecule has 0 radical (unpaired) electrons. The van der Waals surface area contributed by atoms with E-state index in [1.54, 1.807) is 38.2 Å². The highest BCUT2D eigenvalue weighted by Crippen LogP contribution is 2.52. The number of hydrogen-bond acceptors (Lipinski definition) is 8. The molecule has 4 rings (SSSR count). The maximum Gasteiger partial charge on any atom is 0.274 e. The van der Waals surface area contributed by atoms with Gasteiger partial charge in [-0.1, -0.05) is 25.1 Å². The summed E-state index contributed by atoms with van der Waals surface area (Å²) in [5, 5.41) is 11.7. The highest BCUT2D eigenvalue weighted by atomic mass is 16.6. The van der Waals surface area contributed by atoms with Crippen LogP contribution in [0.15, 0.2) is 35.0 Å². The first kappa shape index (κ1) is 25.5. The molecule has 3 amide bonds. The van der Waals surface area contributed by atoms with Crippen LogP contribution in [0.3, 0.4) is 0 Å². The number of pyridine rings is 1. The van der Waals surface area contributed by atoms with Gasteiger partial charge in [0.1, 0.15) is 22.9 Å². The van der Waals surface area contributed by atoms with Crippen molar-refractivity contribution in [3.05, 3.63) is 47.6 Å². The fraction of sp³-hybridized carbons (Fsp3) is 0.520. The molecule has 1 saturated carbocycles. The van der Waals surface area contributed by atoms with E-state index in [4.69, 9.17) is 9.26 Å². The topological polar surface area (TPSA) is 156 Å². The first-order chi connectivity index (χ1) is 17.0. The Balaban J connectivity index is 1.40. The molecule has 11 nitrogen and oxygen atoms in total. The molecule has 0 bridgehead atoms. The summed E-state index contributed by atoms with van der Waals surface area (Å²) >= 11 is 0. The lowest BCUT2D eigenvalue weighted by Crippen LogP contribution is -2.54. The van der Waals surface area contributed by atoms with Crippen LogP contribution in [-0.2, 0) is 25.5 Å². The first-order valence-corrected chi connectivity index (χ1v) is 12.0. The Labute approximate surface area is 208 Å². The number of aryl methyl sites for hydroxylation is 1. The fourth-order valence-electron chi connectivity index (χ4n) is 4.49. The van der Waals surface area contributed by atoms with Crippen LogP contribution in [-0.4, -0.2) is 64.0 Å². The van der Waals surface area contributed by atoms with Gasteiger partial charge in [-0.3, -0.25) is 24.2 Å². The van der Waals surface area contributed by atoms with E-state index in [9.17, 15) is 19.2 Å². The van der Waals surface area contributed by atoms with Gasteiger partial charge in [0, 0.05) is 24.4 Å². The maximum absolute atomic E-state index is 13.1. The number of carbonyl (C=O) groups is 4. The number of amides is 3. The summed E-state index contributed by atoms with van der Waals surface area (Å²) in [6.45, 7) is 7.37. The average Bonchev–Trinajstić information content (AvgIpc) is 3.73. The van der Waals surface area contributed by atoms with Gasteiger partial charge in [-0.25, -0.2) is 0 Å². The Morgan fingerprint density at radius 1 is 1.22 bits per heavy atom. The Bertz CT molecular complexity index is 1160. The van der Waals surface area contributed by atoms with Crippen molar-refractivity contribution in [2.24, 2.45) is 11.8 Å². The minimum atomic E-state index is -1.02. The largest absolute Gasteiger partial charge is 0.361 e. The van der Waals surface area contributed by atoms with Gasteiger partial charge >= 0.3 is 0 Å². The number of carbonyl (C=O) groups excluding carboxylic acids is 4. The van der Waals surface area contributed by atoms with E-state index in [1.807, 2.05) is 13.8 Å². The van der Waals surface area contributed by atoms with Gasteiger partial charge < -0.3 is 25.2 Å². The molecule has 192 valence electrons. The molecule has 2 aromatic heterocycles. The predicted octanol–water partition coefficient (Wildman–Crippen LogP) is 0.724. The Morgan fingerprint density at radius 2 is 1.97 bits per heavy atom. The van der Waals surface area contributed by atoms with E-state index < -0.39 is 34.9 Å². The summed E-state index contributed by atoms with van der Waals surface area (Å²) in [7, 11) is 0. The second kappa shape index (κ2) is 9.81. The highest BCUT2D eigenvalue weighted by molar-refractivity contribution is 6.03. The van der Waals surface area contributed by atoms with E-state index in [0.717, 1.165) is 0 Å². The summed E-state index contributed by atoms with van der Waals surface area (Å²) in [5.41, 5.74) is -1.22. The quantitative estimate of drug-likeness (QED) is 0.384. The molecule has 1 saturated heterocycles. The number of Topliss-reactive ketones (excluding diaryl/α,β-unsaturated/α-hetero) is 1. The van der Waals surface area contributed by atoms with Crippen molar-refractivity contribution >= 4 is 23.5 Å². The number of rotatable bonds is 11. The van der Waals surface area contributed by atoms with E-state index in [-0.39, 0.29) is 36.3 Å². The summed E-state index contributed by atoms with van der Waals surface area (Å²) < 4.78 is 10.3. The summed E-state index contributed by atoms with van der Waals surface area (Å²) in [5.74, 6) is -1.12. The Hall–Kier alpha value is -3.60. The van der Waals surface area contributed by atoms with Crippen molar-refractivity contribution in [3.8, 4) is 0 Å². The Morgan fingerprint density at radius 3 is 2.53 bits per heavy atom. The van der Waals surface area contributed by atoms with E-state index in [1.165, 1.54) is 6.07 Å². The van der Waals surface area contributed by atoms with Crippen molar-refractivity contribution in [2.75, 3.05) is 13.2 Å². The van der Waals surface area contributed by atoms with Crippen molar-refractivity contribution in [3.63, 3.8) is 0 Å². The molecule has 2 aromatic rings. The van der Waals surface area contributed by atoms with Crippen LogP contribution in [0, 0.1) is 18.8 Å². The van der Waals surface area contributed by atoms with Crippen molar-refractivity contribution in [1.29, 1.82) is 0 Å². The molecule has 0 spiro atoms. The monoisotopic (exact) mass is 497 g/mol. The van der Waals surface area contributed by atoms with Gasteiger partial charge in [0.25, 0.3) is 5.91 Å². The summed E-state index contributed by atoms with van der Waals surface area (Å²) in [6, 6.07) is 5.69. The van der Waals surface area contributed by atoms with Gasteiger partial charge in [-0.15, -0.1) is 0 Å². The molecule has 2 fully saturated rings. The molecule has 11 heteroatoms. The van der Waals surface area contributed by atoms with Crippen LogP contribution in [0.2, 0.25) is 0 Å². The lowest BCUT2D eigenvalue weighted by Gasteiger charge is -2.22. The van der Waals surface area contributed by atoms with Gasteiger partial charge in [0.05, 0.1) is 13.2 Å². The number of aromatic nitrogens is 2. The highest BCUT2D eigenvalue weighted by Gasteiger charge is 2.68. The van der Waals surface area contributed by atoms with Gasteiger partial charge in [-0.05, 0) is 44.2 Å². The van der Waals surface area contributed by atoms with Gasteiger partial charge in [0.2, 0.25) is 11.8 Å². The number of epoxide rings is 1. The van der Waals surface area contributed by atoms with E-state index >= 15 is 0 Å². The molecule has 2 unspecified atom stereocenters. The van der Waals surface area contributed by atoms with Crippen molar-refractivity contribution < 1.29 is 28.4 Å². The summed E-state index contributed by atoms with van der Waals surface area (Å²) in [6.07, 6.45) is 2.23. The van der Waals surface area contributed by atoms with Gasteiger partial charge in [0.15, 0.2) is 11.5 Å². The van der Waals surface area contributed by atoms with Crippen LogP contribution < -0.4 is 16.0 Å². The number of ether oxygens (including phenoxy) is 1. The second-order valence-corrected chi connectivity index (χ2v) is 10.0. The second-order valence-electron chi connectivity index (χ2n) is 10.0. The standard InChI is InChI=1S/C25H31N5O6/c1-14(2)17-11-25(17,23(34)24(4)13-35-24)29-20(31)12-27-21(32)18(10-16-7-5-6-8-26-16)28-22(33)19-9-15(3)36-30-19/h5-9,14,17-18H,10-13H2,1-4H3,(H,27,32)(H,28,33)(H,29,31)/t17?,18-,24?,25+/m0/s1. The third kappa shape index (κ3) is 5.46. The number of nitrogens with zero attached hydrogens (tertiary/aromatic N) is 2. The molecule has 36 heavy (non-hydrogen) atoms. The average molecular weight is 498 g/mol. The SMILES string of the molecule is Cc1cc(C(=O)N[C@@H](Cc2ccccn2)C(=O)NCC(=O)N[C@]2(C(=O)C3(C)CO3)CC2C(C)C)no1. The third-order valence-electron chi connectivity index (χ3n) is 6.69. The zero-order chi connectivity index (χ0) is 26.1. The normalized spacial score (nSPS) is 25.1. The van der Waals surface area contributed by atoms with Crippen molar-refractivity contribution in [2.45, 2.75) is 57.7 Å². The van der Waals surface area contributed by atoms with E-state index in [2.05, 4.69) is 26.1 Å². The molecule has 1 aliphatic heterocycles. The fourth-order valence-corrected chi connectivity index (χ4v) is 4.49. The number of nitrogens with one attached hydrogen (secondary N) is 3. The molecule has 1 aliphatic carbocycles. The lowest BCUT2D eigenvalue weighted by molar-refractivity contribution is -0.132. The minimum absolute atomic E-state index is 0.00721. The van der Waals surface area contributed by atoms with Gasteiger partial charge in [-0.2, -0.15) is 0 Å². The van der Waals surface area contributed by atoms with E-state index in [0.29, 0.717) is 24.5 Å². The van der Waals surface area contributed by atoms with Crippen LogP contribution in [0.5, 0.6) is 0 Å². The van der Waals surface area contributed by atoms with Crippen molar-refractivity contribution in [1.82, 2.24) is 26.1 Å². The van der Waals surface area contributed by atoms with Crippen LogP contribution >= 0.6 is 0 Å². The zero-order valence-corrected chi connectivity index (χ0v) is 20.8. The minimum Gasteiger partial charge on any atom is -0.361 e. The molecule has 3 heterocycles. The third-order valence-corrected chi connectivity index (χ3v) is 6.69. The Kier molecular flexibility index (Phi) is 6.94. The molecule has 0 aromatic carbocycles. The lowest BCUT2D eigenvalue weighted by atomic mass is 9.93. The molecular formula is C25H31N5O6. The van der Waals surface area contributed by atoms with Crippen LogP contribution in [0.4, 0.5) is 0 Å². The summed E-state index contributed by atoms with van der Waals surface area (Å²) in [4.78, 5) is 55.7. The van der Waals surface area contributed by atoms with Crippen LogP contribution in [0.1, 0.15) is 49.1 Å². The molecular weight excluding hydrogens is 466 g/mol. The predicted molar refractivity (Wildman–Crippen MR) is 127 cm³/mol. The number of ketones is 1. The smallest absolute Gasteiger partial charge is 0.274 e. The molecule has 4 atom stereocenters.